The van der Waals surface area contributed by atoms with Crippen LogP contribution in [0.2, 0.25) is 0 Å². The number of ether oxygens (including phenoxy) is 1. The summed E-state index contributed by atoms with van der Waals surface area (Å²) in [4.78, 5) is 12.2. The second-order valence-electron chi connectivity index (χ2n) is 5.17. The molecule has 0 heterocycles. The van der Waals surface area contributed by atoms with Gasteiger partial charge < -0.3 is 4.74 Å². The van der Waals surface area contributed by atoms with Gasteiger partial charge >= 0.3 is 0 Å². The molecule has 0 aromatic rings. The summed E-state index contributed by atoms with van der Waals surface area (Å²) < 4.78 is 5.47. The smallest absolute Gasteiger partial charge is 0.179 e. The Morgan fingerprint density at radius 3 is 3.06 bits per heavy atom. The highest BCUT2D eigenvalue weighted by Gasteiger charge is 2.51. The minimum Gasteiger partial charge on any atom is -0.498 e. The molecule has 2 aliphatic rings. The lowest BCUT2D eigenvalue weighted by Gasteiger charge is -2.43. The number of nitrogens with zero attached hydrogens (tertiary/aromatic N) is 1. The Balaban J connectivity index is 2.35. The molecule has 0 saturated heterocycles. The fourth-order valence-corrected chi connectivity index (χ4v) is 3.29. The minimum atomic E-state index is -0.766. The monoisotopic (exact) mass is 233 g/mol. The lowest BCUT2D eigenvalue weighted by atomic mass is 9.57. The average molecular weight is 233 g/mol. The predicted molar refractivity (Wildman–Crippen MR) is 63.9 cm³/mol. The maximum Gasteiger partial charge on any atom is 0.179 e. The quantitative estimate of drug-likeness (QED) is 0.737. The van der Waals surface area contributed by atoms with Crippen molar-refractivity contribution in [3.63, 3.8) is 0 Å². The zero-order chi connectivity index (χ0) is 12.5. The van der Waals surface area contributed by atoms with Crippen LogP contribution in [-0.4, -0.2) is 12.4 Å². The number of allylic oxidation sites excluding steroid dienone is 2. The molecule has 3 nitrogen and oxygen atoms in total. The van der Waals surface area contributed by atoms with Crippen molar-refractivity contribution >= 4 is 5.78 Å². The summed E-state index contributed by atoms with van der Waals surface area (Å²) in [6, 6.07) is 2.31. The Labute approximate surface area is 102 Å². The SMILES string of the molecule is CCOC1=CC(=O)[C@@]2(C#N)CCC[C@@H](C)[C@@H]2C1. The first-order valence-electron chi connectivity index (χ1n) is 6.43. The molecule has 1 saturated carbocycles. The van der Waals surface area contributed by atoms with Crippen LogP contribution in [0.5, 0.6) is 0 Å². The van der Waals surface area contributed by atoms with E-state index in [1.807, 2.05) is 6.92 Å². The first-order valence-corrected chi connectivity index (χ1v) is 6.43. The number of hydrogen-bond acceptors (Lipinski definition) is 3. The van der Waals surface area contributed by atoms with Gasteiger partial charge in [-0.05, 0) is 25.2 Å². The van der Waals surface area contributed by atoms with Crippen LogP contribution in [0.1, 0.15) is 39.5 Å². The lowest BCUT2D eigenvalue weighted by molar-refractivity contribution is -0.128. The molecule has 1 fully saturated rings. The zero-order valence-corrected chi connectivity index (χ0v) is 10.5. The van der Waals surface area contributed by atoms with Crippen molar-refractivity contribution in [2.24, 2.45) is 17.3 Å². The molecule has 0 spiro atoms. The van der Waals surface area contributed by atoms with Crippen LogP contribution in [0.3, 0.4) is 0 Å². The second-order valence-corrected chi connectivity index (χ2v) is 5.17. The van der Waals surface area contributed by atoms with Gasteiger partial charge in [-0.2, -0.15) is 5.26 Å². The normalized spacial score (nSPS) is 36.8. The molecule has 3 heteroatoms. The van der Waals surface area contributed by atoms with Crippen LogP contribution >= 0.6 is 0 Å². The van der Waals surface area contributed by atoms with E-state index in [1.54, 1.807) is 6.08 Å². The number of hydrogen-bond donors (Lipinski definition) is 0. The first kappa shape index (κ1) is 12.2. The Kier molecular flexibility index (Phi) is 3.24. The molecule has 0 amide bonds. The molecule has 3 atom stereocenters. The van der Waals surface area contributed by atoms with Crippen molar-refractivity contribution in [1.29, 1.82) is 5.26 Å². The van der Waals surface area contributed by atoms with Gasteiger partial charge in [0.1, 0.15) is 5.41 Å². The maximum atomic E-state index is 12.2. The van der Waals surface area contributed by atoms with Crippen LogP contribution in [0.4, 0.5) is 0 Å². The summed E-state index contributed by atoms with van der Waals surface area (Å²) in [6.45, 7) is 4.65. The van der Waals surface area contributed by atoms with Gasteiger partial charge in [0.05, 0.1) is 18.4 Å². The van der Waals surface area contributed by atoms with Crippen LogP contribution in [0, 0.1) is 28.6 Å². The third-order valence-electron chi connectivity index (χ3n) is 4.23. The van der Waals surface area contributed by atoms with E-state index in [0.29, 0.717) is 18.9 Å². The van der Waals surface area contributed by atoms with Crippen LogP contribution < -0.4 is 0 Å². The van der Waals surface area contributed by atoms with Gasteiger partial charge in [0, 0.05) is 12.5 Å². The van der Waals surface area contributed by atoms with E-state index >= 15 is 0 Å². The van der Waals surface area contributed by atoms with Crippen LogP contribution in [0.15, 0.2) is 11.8 Å². The molecule has 0 aromatic carbocycles. The summed E-state index contributed by atoms with van der Waals surface area (Å²) >= 11 is 0. The molecule has 0 aromatic heterocycles. The highest BCUT2D eigenvalue weighted by Crippen LogP contribution is 2.50. The van der Waals surface area contributed by atoms with Gasteiger partial charge in [0.25, 0.3) is 0 Å². The Morgan fingerprint density at radius 2 is 2.41 bits per heavy atom. The molecule has 2 aliphatic carbocycles. The molecular formula is C14H19NO2. The highest BCUT2D eigenvalue weighted by atomic mass is 16.5. The summed E-state index contributed by atoms with van der Waals surface area (Å²) in [6.07, 6.45) is 5.11. The van der Waals surface area contributed by atoms with E-state index in [-0.39, 0.29) is 11.7 Å². The van der Waals surface area contributed by atoms with Crippen molar-refractivity contribution in [3.05, 3.63) is 11.8 Å². The van der Waals surface area contributed by atoms with Crippen molar-refractivity contribution in [2.45, 2.75) is 39.5 Å². The van der Waals surface area contributed by atoms with Gasteiger partial charge in [0.15, 0.2) is 5.78 Å². The first-order chi connectivity index (χ1) is 8.14. The van der Waals surface area contributed by atoms with Gasteiger partial charge in [-0.3, -0.25) is 4.79 Å². The minimum absolute atomic E-state index is 0.0359. The van der Waals surface area contributed by atoms with E-state index in [2.05, 4.69) is 13.0 Å². The molecule has 0 radical (unpaired) electrons. The molecule has 0 aliphatic heterocycles. The predicted octanol–water partition coefficient (Wildman–Crippen LogP) is 2.83. The summed E-state index contributed by atoms with van der Waals surface area (Å²) in [5.41, 5.74) is -0.766. The molecule has 0 bridgehead atoms. The maximum absolute atomic E-state index is 12.2. The van der Waals surface area contributed by atoms with Crippen LogP contribution in [-0.2, 0) is 9.53 Å². The number of fused-ring (bicyclic) bond motifs is 1. The van der Waals surface area contributed by atoms with Gasteiger partial charge in [-0.15, -0.1) is 0 Å². The third kappa shape index (κ3) is 1.86. The topological polar surface area (TPSA) is 50.1 Å². The van der Waals surface area contributed by atoms with E-state index in [4.69, 9.17) is 4.74 Å². The van der Waals surface area contributed by atoms with Gasteiger partial charge in [0.2, 0.25) is 0 Å². The Bertz CT molecular complexity index is 394. The van der Waals surface area contributed by atoms with E-state index in [1.165, 1.54) is 0 Å². The van der Waals surface area contributed by atoms with Crippen molar-refractivity contribution in [3.8, 4) is 6.07 Å². The lowest BCUT2D eigenvalue weighted by Crippen LogP contribution is -2.45. The highest BCUT2D eigenvalue weighted by molar-refractivity contribution is 5.98. The third-order valence-corrected chi connectivity index (χ3v) is 4.23. The molecule has 2 rings (SSSR count). The summed E-state index contributed by atoms with van der Waals surface area (Å²) in [7, 11) is 0. The fourth-order valence-electron chi connectivity index (χ4n) is 3.29. The van der Waals surface area contributed by atoms with Crippen molar-refractivity contribution in [2.75, 3.05) is 6.61 Å². The number of carbonyl (C=O) groups excluding carboxylic acids is 1. The zero-order valence-electron chi connectivity index (χ0n) is 10.5. The van der Waals surface area contributed by atoms with Gasteiger partial charge in [-0.1, -0.05) is 19.8 Å². The number of nitriles is 1. The van der Waals surface area contributed by atoms with Crippen molar-refractivity contribution < 1.29 is 9.53 Å². The van der Waals surface area contributed by atoms with Crippen LogP contribution in [0.25, 0.3) is 0 Å². The molecule has 17 heavy (non-hydrogen) atoms. The molecule has 0 N–H and O–H groups in total. The molecule has 92 valence electrons. The number of ketones is 1. The number of carbonyl (C=O) groups is 1. The Hall–Kier alpha value is -1.30. The fraction of sp³-hybridized carbons (Fsp3) is 0.714. The van der Waals surface area contributed by atoms with Gasteiger partial charge in [-0.25, -0.2) is 0 Å². The standard InChI is InChI=1S/C14H19NO2/c1-3-17-11-7-12-10(2)5-4-6-14(12,9-15)13(16)8-11/h8,10,12H,3-7H2,1-2H3/t10-,12+,14-/m1/s1. The number of rotatable bonds is 2. The molecular weight excluding hydrogens is 214 g/mol. The van der Waals surface area contributed by atoms with E-state index in [9.17, 15) is 10.1 Å². The summed E-state index contributed by atoms with van der Waals surface area (Å²) in [5, 5.41) is 9.44. The van der Waals surface area contributed by atoms with E-state index < -0.39 is 5.41 Å². The average Bonchev–Trinajstić information content (AvgIpc) is 2.31. The second kappa shape index (κ2) is 4.52. The summed E-state index contributed by atoms with van der Waals surface area (Å²) in [5.74, 6) is 1.30. The molecule has 0 unspecified atom stereocenters. The van der Waals surface area contributed by atoms with E-state index in [0.717, 1.165) is 25.0 Å². The van der Waals surface area contributed by atoms with Crippen molar-refractivity contribution in [1.82, 2.24) is 0 Å². The Morgan fingerprint density at radius 1 is 1.65 bits per heavy atom. The largest absolute Gasteiger partial charge is 0.498 e.